The maximum absolute atomic E-state index is 11.7. The molecule has 1 unspecified atom stereocenters. The summed E-state index contributed by atoms with van der Waals surface area (Å²) in [5.41, 5.74) is 0.942. The van der Waals surface area contributed by atoms with E-state index in [-0.39, 0.29) is 24.1 Å². The van der Waals surface area contributed by atoms with Crippen molar-refractivity contribution in [2.75, 3.05) is 27.7 Å². The van der Waals surface area contributed by atoms with Crippen LogP contribution in [0.4, 0.5) is 10.5 Å². The van der Waals surface area contributed by atoms with Crippen molar-refractivity contribution < 1.29 is 19.2 Å². The van der Waals surface area contributed by atoms with E-state index in [1.165, 1.54) is 17.0 Å². The van der Waals surface area contributed by atoms with Crippen LogP contribution in [0.3, 0.4) is 0 Å². The van der Waals surface area contributed by atoms with E-state index in [1.54, 1.807) is 38.4 Å². The summed E-state index contributed by atoms with van der Waals surface area (Å²) in [5.74, 6) is 0.916. The first-order valence-electron chi connectivity index (χ1n) is 8.44. The lowest BCUT2D eigenvalue weighted by molar-refractivity contribution is -0.384. The molecule has 0 aliphatic rings. The van der Waals surface area contributed by atoms with E-state index >= 15 is 0 Å². The monoisotopic (exact) mass is 409 g/mol. The Kier molecular flexibility index (Phi) is 9.20. The summed E-state index contributed by atoms with van der Waals surface area (Å²) in [6, 6.07) is 13.3. The highest BCUT2D eigenvalue weighted by atomic mass is 35.5. The molecule has 0 saturated carbocycles. The van der Waals surface area contributed by atoms with Gasteiger partial charge in [-0.3, -0.25) is 10.1 Å². The predicted molar refractivity (Wildman–Crippen MR) is 108 cm³/mol. The summed E-state index contributed by atoms with van der Waals surface area (Å²) >= 11 is 0. The van der Waals surface area contributed by atoms with E-state index in [4.69, 9.17) is 9.47 Å². The Morgan fingerprint density at radius 1 is 1.18 bits per heavy atom. The Bertz CT molecular complexity index is 801. The largest absolute Gasteiger partial charge is 0.493 e. The van der Waals surface area contributed by atoms with E-state index in [2.05, 4.69) is 5.32 Å². The highest BCUT2D eigenvalue weighted by Crippen LogP contribution is 2.23. The molecule has 0 saturated heterocycles. The predicted octanol–water partition coefficient (Wildman–Crippen LogP) is 3.81. The number of rotatable bonds is 8. The van der Waals surface area contributed by atoms with Crippen molar-refractivity contribution in [1.82, 2.24) is 10.2 Å². The third-order valence-corrected chi connectivity index (χ3v) is 3.88. The number of carbonyl (C=O) groups is 1. The van der Waals surface area contributed by atoms with Crippen molar-refractivity contribution in [2.45, 2.75) is 12.5 Å². The zero-order valence-corrected chi connectivity index (χ0v) is 16.8. The lowest BCUT2D eigenvalue weighted by Gasteiger charge is -2.18. The van der Waals surface area contributed by atoms with Crippen LogP contribution < -0.4 is 14.8 Å². The van der Waals surface area contributed by atoms with Crippen molar-refractivity contribution in [2.24, 2.45) is 0 Å². The maximum Gasteiger partial charge on any atom is 0.414 e. The zero-order chi connectivity index (χ0) is 19.8. The van der Waals surface area contributed by atoms with Gasteiger partial charge in [0.25, 0.3) is 5.69 Å². The van der Waals surface area contributed by atoms with Crippen LogP contribution in [0.15, 0.2) is 48.5 Å². The fourth-order valence-electron chi connectivity index (χ4n) is 2.45. The molecule has 9 heteroatoms. The molecular formula is C19H24ClN3O5. The Hall–Kier alpha value is -2.84. The summed E-state index contributed by atoms with van der Waals surface area (Å²) in [5, 5.41) is 14.0. The third-order valence-electron chi connectivity index (χ3n) is 3.88. The number of hydrogen-bond donors (Lipinski definition) is 1. The van der Waals surface area contributed by atoms with Crippen molar-refractivity contribution in [3.05, 3.63) is 64.2 Å². The van der Waals surface area contributed by atoms with Gasteiger partial charge in [0, 0.05) is 32.6 Å². The number of ether oxygens (including phenoxy) is 2. The fraction of sp³-hybridized carbons (Fsp3) is 0.316. The van der Waals surface area contributed by atoms with E-state index in [9.17, 15) is 14.9 Å². The van der Waals surface area contributed by atoms with Gasteiger partial charge in [0.05, 0.1) is 17.6 Å². The minimum atomic E-state index is -0.455. The number of nitrogens with zero attached hydrogens (tertiary/aromatic N) is 2. The van der Waals surface area contributed by atoms with Gasteiger partial charge in [-0.05, 0) is 30.8 Å². The number of benzene rings is 2. The van der Waals surface area contributed by atoms with Crippen LogP contribution in [0, 0.1) is 10.1 Å². The van der Waals surface area contributed by atoms with Gasteiger partial charge in [-0.25, -0.2) is 4.79 Å². The van der Waals surface area contributed by atoms with Crippen molar-refractivity contribution >= 4 is 24.2 Å². The fourth-order valence-corrected chi connectivity index (χ4v) is 2.45. The van der Waals surface area contributed by atoms with Crippen LogP contribution in [0.2, 0.25) is 0 Å². The number of nitro benzene ring substituents is 1. The minimum Gasteiger partial charge on any atom is -0.493 e. The Morgan fingerprint density at radius 3 is 2.50 bits per heavy atom. The molecule has 28 heavy (non-hydrogen) atoms. The van der Waals surface area contributed by atoms with Crippen LogP contribution >= 0.6 is 12.4 Å². The van der Waals surface area contributed by atoms with Gasteiger partial charge >= 0.3 is 6.09 Å². The van der Waals surface area contributed by atoms with Crippen molar-refractivity contribution in [1.29, 1.82) is 0 Å². The zero-order valence-electron chi connectivity index (χ0n) is 16.0. The van der Waals surface area contributed by atoms with E-state index < -0.39 is 11.0 Å². The Balaban J connectivity index is 0.00000392. The van der Waals surface area contributed by atoms with E-state index in [1.807, 2.05) is 19.2 Å². The molecule has 0 heterocycles. The summed E-state index contributed by atoms with van der Waals surface area (Å²) in [6.07, 6.45) is 0.187. The van der Waals surface area contributed by atoms with Gasteiger partial charge in [0.15, 0.2) is 0 Å². The van der Waals surface area contributed by atoms with Crippen LogP contribution in [-0.2, 0) is 0 Å². The molecule has 0 aliphatic carbocycles. The molecule has 1 amide bonds. The second kappa shape index (κ2) is 11.1. The maximum atomic E-state index is 11.7. The molecule has 0 fully saturated rings. The molecule has 1 atom stereocenters. The summed E-state index contributed by atoms with van der Waals surface area (Å²) < 4.78 is 10.9. The molecule has 0 aliphatic heterocycles. The topological polar surface area (TPSA) is 93.9 Å². The number of non-ortho nitro benzene ring substituents is 1. The molecular weight excluding hydrogens is 386 g/mol. The molecule has 2 aromatic carbocycles. The molecule has 0 bridgehead atoms. The second-order valence-electron chi connectivity index (χ2n) is 6.07. The molecule has 2 aromatic rings. The van der Waals surface area contributed by atoms with Gasteiger partial charge in [-0.2, -0.15) is 0 Å². The van der Waals surface area contributed by atoms with Gasteiger partial charge in [-0.15, -0.1) is 12.4 Å². The van der Waals surface area contributed by atoms with Gasteiger partial charge in [0.1, 0.15) is 11.5 Å². The quantitative estimate of drug-likeness (QED) is 0.526. The number of amides is 1. The third kappa shape index (κ3) is 6.71. The first-order chi connectivity index (χ1) is 12.9. The Labute approximate surface area is 170 Å². The first-order valence-corrected chi connectivity index (χ1v) is 8.44. The molecule has 152 valence electrons. The molecule has 0 spiro atoms. The lowest BCUT2D eigenvalue weighted by Crippen LogP contribution is -2.25. The average Bonchev–Trinajstić information content (AvgIpc) is 2.65. The summed E-state index contributed by atoms with van der Waals surface area (Å²) in [7, 11) is 5.07. The number of carbonyl (C=O) groups excluding carboxylic acids is 1. The van der Waals surface area contributed by atoms with Gasteiger partial charge < -0.3 is 19.7 Å². The summed E-state index contributed by atoms with van der Waals surface area (Å²) in [4.78, 5) is 23.4. The molecule has 1 N–H and O–H groups in total. The van der Waals surface area contributed by atoms with Crippen molar-refractivity contribution in [3.8, 4) is 11.5 Å². The van der Waals surface area contributed by atoms with E-state index in [0.717, 1.165) is 5.56 Å². The average molecular weight is 410 g/mol. The van der Waals surface area contributed by atoms with Crippen LogP contribution in [-0.4, -0.2) is 43.7 Å². The molecule has 2 rings (SSSR count). The lowest BCUT2D eigenvalue weighted by atomic mass is 10.0. The number of nitrogens with one attached hydrogen (secondary N) is 1. The summed E-state index contributed by atoms with van der Waals surface area (Å²) in [6.45, 7) is 0.369. The smallest absolute Gasteiger partial charge is 0.414 e. The minimum absolute atomic E-state index is 0. The van der Waals surface area contributed by atoms with Gasteiger partial charge in [-0.1, -0.05) is 18.2 Å². The standard InChI is InChI=1S/C19H23N3O5.ClH/c1-20-18(10-11-26-16-8-5-7-15(13-16)22(24)25)14-6-4-9-17(12-14)27-19(23)21(2)3;/h4-9,12-13,18,20H,10-11H2,1-3H3;1H. The highest BCUT2D eigenvalue weighted by molar-refractivity contribution is 5.85. The number of halogens is 1. The van der Waals surface area contributed by atoms with Crippen LogP contribution in [0.5, 0.6) is 11.5 Å². The van der Waals surface area contributed by atoms with Gasteiger partial charge in [0.2, 0.25) is 0 Å². The molecule has 0 aromatic heterocycles. The van der Waals surface area contributed by atoms with E-state index in [0.29, 0.717) is 24.5 Å². The normalized spacial score (nSPS) is 11.1. The van der Waals surface area contributed by atoms with Crippen LogP contribution in [0.25, 0.3) is 0 Å². The molecule has 0 radical (unpaired) electrons. The number of hydrogen-bond acceptors (Lipinski definition) is 6. The van der Waals surface area contributed by atoms with Crippen LogP contribution in [0.1, 0.15) is 18.0 Å². The first kappa shape index (κ1) is 23.2. The highest BCUT2D eigenvalue weighted by Gasteiger charge is 2.13. The second-order valence-corrected chi connectivity index (χ2v) is 6.07. The van der Waals surface area contributed by atoms with Crippen molar-refractivity contribution in [3.63, 3.8) is 0 Å². The number of nitro groups is 1. The SMILES string of the molecule is CNC(CCOc1cccc([N+](=O)[O-])c1)c1cccc(OC(=O)N(C)C)c1.Cl. The Morgan fingerprint density at radius 2 is 1.86 bits per heavy atom. The molecule has 8 nitrogen and oxygen atoms in total.